The fourth-order valence-electron chi connectivity index (χ4n) is 2.24. The van der Waals surface area contributed by atoms with E-state index in [0.29, 0.717) is 25.0 Å². The van der Waals surface area contributed by atoms with Crippen LogP contribution in [-0.4, -0.2) is 49.7 Å². The van der Waals surface area contributed by atoms with Gasteiger partial charge < -0.3 is 15.0 Å². The van der Waals surface area contributed by atoms with E-state index >= 15 is 0 Å². The van der Waals surface area contributed by atoms with Gasteiger partial charge in [-0.1, -0.05) is 13.8 Å². The summed E-state index contributed by atoms with van der Waals surface area (Å²) in [6, 6.07) is 0. The van der Waals surface area contributed by atoms with E-state index in [1.54, 1.807) is 0 Å². The van der Waals surface area contributed by atoms with Crippen molar-refractivity contribution in [3.63, 3.8) is 0 Å². The molecule has 2 aliphatic rings. The SMILES string of the molecule is CC1CN(C(=O)C2CNCCO2)CC1C.Cl. The number of hydrogen-bond acceptors (Lipinski definition) is 3. The second-order valence-electron chi connectivity index (χ2n) is 4.76. The summed E-state index contributed by atoms with van der Waals surface area (Å²) in [6.45, 7) is 8.36. The molecule has 2 rings (SSSR count). The maximum absolute atomic E-state index is 12.1. The molecule has 0 spiro atoms. The lowest BCUT2D eigenvalue weighted by atomic mass is 10.0. The minimum Gasteiger partial charge on any atom is -0.366 e. The van der Waals surface area contributed by atoms with Crippen LogP contribution in [0.2, 0.25) is 0 Å². The predicted octanol–water partition coefficient (Wildman–Crippen LogP) is 0.511. The lowest BCUT2D eigenvalue weighted by Gasteiger charge is -2.27. The molecular weight excluding hydrogens is 228 g/mol. The number of morpholine rings is 1. The van der Waals surface area contributed by atoms with Crippen LogP contribution in [0.4, 0.5) is 0 Å². The molecule has 0 aromatic heterocycles. The van der Waals surface area contributed by atoms with Crippen LogP contribution in [0.1, 0.15) is 13.8 Å². The Morgan fingerprint density at radius 1 is 1.31 bits per heavy atom. The largest absolute Gasteiger partial charge is 0.366 e. The summed E-state index contributed by atoms with van der Waals surface area (Å²) in [5.74, 6) is 1.40. The van der Waals surface area contributed by atoms with Gasteiger partial charge >= 0.3 is 0 Å². The third kappa shape index (κ3) is 2.87. The fraction of sp³-hybridized carbons (Fsp3) is 0.909. The van der Waals surface area contributed by atoms with E-state index in [-0.39, 0.29) is 24.4 Å². The van der Waals surface area contributed by atoms with Crippen LogP contribution in [0, 0.1) is 11.8 Å². The first-order valence-corrected chi connectivity index (χ1v) is 5.79. The Morgan fingerprint density at radius 2 is 1.94 bits per heavy atom. The summed E-state index contributed by atoms with van der Waals surface area (Å²) in [5, 5.41) is 3.19. The minimum absolute atomic E-state index is 0. The van der Waals surface area contributed by atoms with Crippen LogP contribution in [-0.2, 0) is 9.53 Å². The van der Waals surface area contributed by atoms with Crippen molar-refractivity contribution in [2.75, 3.05) is 32.8 Å². The van der Waals surface area contributed by atoms with Crippen LogP contribution in [0.3, 0.4) is 0 Å². The quantitative estimate of drug-likeness (QED) is 0.735. The Morgan fingerprint density at radius 3 is 2.44 bits per heavy atom. The average molecular weight is 249 g/mol. The third-order valence-electron chi connectivity index (χ3n) is 3.50. The van der Waals surface area contributed by atoms with Gasteiger partial charge in [-0.25, -0.2) is 0 Å². The topological polar surface area (TPSA) is 41.6 Å². The first-order chi connectivity index (χ1) is 7.18. The highest BCUT2D eigenvalue weighted by Gasteiger charge is 2.33. The lowest BCUT2D eigenvalue weighted by Crippen LogP contribution is -2.48. The standard InChI is InChI=1S/C11H20N2O2.ClH/c1-8-6-13(7-9(8)2)11(14)10-5-12-3-4-15-10;/h8-10,12H,3-7H2,1-2H3;1H. The number of nitrogens with zero attached hydrogens (tertiary/aromatic N) is 1. The maximum atomic E-state index is 12.1. The van der Waals surface area contributed by atoms with E-state index in [2.05, 4.69) is 19.2 Å². The Labute approximate surface area is 103 Å². The summed E-state index contributed by atoms with van der Waals surface area (Å²) in [5.41, 5.74) is 0. The predicted molar refractivity (Wildman–Crippen MR) is 64.8 cm³/mol. The van der Waals surface area contributed by atoms with Crippen molar-refractivity contribution in [1.82, 2.24) is 10.2 Å². The number of halogens is 1. The molecule has 2 heterocycles. The molecule has 3 atom stereocenters. The van der Waals surface area contributed by atoms with Crippen molar-refractivity contribution >= 4 is 18.3 Å². The van der Waals surface area contributed by atoms with Crippen molar-refractivity contribution in [2.45, 2.75) is 20.0 Å². The number of amides is 1. The van der Waals surface area contributed by atoms with E-state index < -0.39 is 0 Å². The maximum Gasteiger partial charge on any atom is 0.253 e. The molecule has 5 heteroatoms. The molecule has 94 valence electrons. The van der Waals surface area contributed by atoms with Gasteiger partial charge in [0.15, 0.2) is 0 Å². The molecule has 2 fully saturated rings. The van der Waals surface area contributed by atoms with Crippen molar-refractivity contribution in [1.29, 1.82) is 0 Å². The van der Waals surface area contributed by atoms with E-state index in [1.807, 2.05) is 4.90 Å². The first-order valence-electron chi connectivity index (χ1n) is 5.79. The van der Waals surface area contributed by atoms with Gasteiger partial charge in [-0.3, -0.25) is 4.79 Å². The van der Waals surface area contributed by atoms with E-state index in [9.17, 15) is 4.79 Å². The Bertz CT molecular complexity index is 234. The highest BCUT2D eigenvalue weighted by Crippen LogP contribution is 2.23. The fourth-order valence-corrected chi connectivity index (χ4v) is 2.24. The van der Waals surface area contributed by atoms with Crippen LogP contribution in [0.5, 0.6) is 0 Å². The number of hydrogen-bond donors (Lipinski definition) is 1. The number of likely N-dealkylation sites (tertiary alicyclic amines) is 1. The smallest absolute Gasteiger partial charge is 0.253 e. The molecule has 1 amide bonds. The Hall–Kier alpha value is -0.320. The molecule has 0 radical (unpaired) electrons. The molecule has 0 aromatic rings. The van der Waals surface area contributed by atoms with Crippen LogP contribution >= 0.6 is 12.4 Å². The van der Waals surface area contributed by atoms with Crippen molar-refractivity contribution in [3.05, 3.63) is 0 Å². The van der Waals surface area contributed by atoms with Gasteiger partial charge in [0.25, 0.3) is 5.91 Å². The van der Waals surface area contributed by atoms with Crippen LogP contribution in [0.15, 0.2) is 0 Å². The zero-order valence-electron chi connectivity index (χ0n) is 9.94. The highest BCUT2D eigenvalue weighted by atomic mass is 35.5. The van der Waals surface area contributed by atoms with Gasteiger partial charge in [-0.15, -0.1) is 12.4 Å². The molecule has 0 aromatic carbocycles. The molecule has 0 aliphatic carbocycles. The Kier molecular flexibility index (Phi) is 5.02. The average Bonchev–Trinajstić information content (AvgIpc) is 2.59. The second-order valence-corrected chi connectivity index (χ2v) is 4.76. The van der Waals surface area contributed by atoms with Gasteiger partial charge in [0, 0.05) is 26.2 Å². The Balaban J connectivity index is 0.00000128. The third-order valence-corrected chi connectivity index (χ3v) is 3.50. The molecule has 3 unspecified atom stereocenters. The van der Waals surface area contributed by atoms with E-state index in [1.165, 1.54) is 0 Å². The van der Waals surface area contributed by atoms with Crippen LogP contribution < -0.4 is 5.32 Å². The minimum atomic E-state index is -0.253. The summed E-state index contributed by atoms with van der Waals surface area (Å²) in [6.07, 6.45) is -0.253. The molecular formula is C11H21ClN2O2. The molecule has 0 saturated carbocycles. The zero-order chi connectivity index (χ0) is 10.8. The molecule has 16 heavy (non-hydrogen) atoms. The van der Waals surface area contributed by atoms with Gasteiger partial charge in [0.05, 0.1) is 6.61 Å². The summed E-state index contributed by atoms with van der Waals surface area (Å²) >= 11 is 0. The summed E-state index contributed by atoms with van der Waals surface area (Å²) in [4.78, 5) is 14.0. The first kappa shape index (κ1) is 13.7. The molecule has 1 N–H and O–H groups in total. The molecule has 2 aliphatic heterocycles. The summed E-state index contributed by atoms with van der Waals surface area (Å²) < 4.78 is 5.47. The second kappa shape index (κ2) is 5.84. The van der Waals surface area contributed by atoms with E-state index in [0.717, 1.165) is 19.6 Å². The number of carbonyl (C=O) groups is 1. The van der Waals surface area contributed by atoms with Crippen molar-refractivity contribution in [2.24, 2.45) is 11.8 Å². The molecule has 2 saturated heterocycles. The molecule has 0 bridgehead atoms. The zero-order valence-corrected chi connectivity index (χ0v) is 10.8. The van der Waals surface area contributed by atoms with Crippen molar-refractivity contribution < 1.29 is 9.53 Å². The lowest BCUT2D eigenvalue weighted by molar-refractivity contribution is -0.144. The normalized spacial score (nSPS) is 34.6. The highest BCUT2D eigenvalue weighted by molar-refractivity contribution is 5.85. The monoisotopic (exact) mass is 248 g/mol. The number of nitrogens with one attached hydrogen (secondary N) is 1. The van der Waals surface area contributed by atoms with Crippen LogP contribution in [0.25, 0.3) is 0 Å². The number of rotatable bonds is 1. The summed E-state index contributed by atoms with van der Waals surface area (Å²) in [7, 11) is 0. The number of carbonyl (C=O) groups excluding carboxylic acids is 1. The van der Waals surface area contributed by atoms with Gasteiger partial charge in [-0.2, -0.15) is 0 Å². The molecule has 4 nitrogen and oxygen atoms in total. The van der Waals surface area contributed by atoms with Gasteiger partial charge in [0.1, 0.15) is 6.10 Å². The van der Waals surface area contributed by atoms with Gasteiger partial charge in [0.2, 0.25) is 0 Å². The van der Waals surface area contributed by atoms with Crippen molar-refractivity contribution in [3.8, 4) is 0 Å². The van der Waals surface area contributed by atoms with Gasteiger partial charge in [-0.05, 0) is 11.8 Å². The van der Waals surface area contributed by atoms with E-state index in [4.69, 9.17) is 4.74 Å². The number of ether oxygens (including phenoxy) is 1.